The lowest BCUT2D eigenvalue weighted by molar-refractivity contribution is -0.0191. The van der Waals surface area contributed by atoms with E-state index >= 15 is 0 Å². The number of halogens is 1. The van der Waals surface area contributed by atoms with Gasteiger partial charge in [-0.1, -0.05) is 30.7 Å². The van der Waals surface area contributed by atoms with E-state index in [1.54, 1.807) is 0 Å². The van der Waals surface area contributed by atoms with Gasteiger partial charge < -0.3 is 10.1 Å². The molecule has 0 radical (unpaired) electrons. The van der Waals surface area contributed by atoms with Gasteiger partial charge in [-0.05, 0) is 25.1 Å². The summed E-state index contributed by atoms with van der Waals surface area (Å²) in [5.41, 5.74) is 2.20. The van der Waals surface area contributed by atoms with Gasteiger partial charge in [-0.3, -0.25) is 4.90 Å². The number of nitrogens with zero attached hydrogens (tertiary/aromatic N) is 1. The Hall–Kier alpha value is -0.770. The van der Waals surface area contributed by atoms with Crippen LogP contribution in [-0.4, -0.2) is 43.8 Å². The standard InChI is InChI=1S/C14H21ClN2O/c1-3-17-7-8-18-12(10-17)9-16-14-11(2)5-4-6-13(14)15/h4-6,12,16H,3,7-10H2,1-2H3. The lowest BCUT2D eigenvalue weighted by Crippen LogP contribution is -2.45. The topological polar surface area (TPSA) is 24.5 Å². The lowest BCUT2D eigenvalue weighted by Gasteiger charge is -2.32. The predicted molar refractivity (Wildman–Crippen MR) is 76.5 cm³/mol. The predicted octanol–water partition coefficient (Wildman–Crippen LogP) is 2.78. The quantitative estimate of drug-likeness (QED) is 0.909. The number of aryl methyl sites for hydroxylation is 1. The molecule has 1 aliphatic heterocycles. The molecular weight excluding hydrogens is 248 g/mol. The Morgan fingerprint density at radius 3 is 3.06 bits per heavy atom. The molecule has 4 heteroatoms. The number of ether oxygens (including phenoxy) is 1. The van der Waals surface area contributed by atoms with E-state index in [9.17, 15) is 0 Å². The van der Waals surface area contributed by atoms with Crippen LogP contribution < -0.4 is 5.32 Å². The second-order valence-corrected chi connectivity index (χ2v) is 5.11. The zero-order valence-corrected chi connectivity index (χ0v) is 11.8. The third-order valence-electron chi connectivity index (χ3n) is 3.40. The minimum absolute atomic E-state index is 0.245. The molecule has 1 unspecified atom stereocenters. The first-order chi connectivity index (χ1) is 8.70. The van der Waals surface area contributed by atoms with Gasteiger partial charge in [-0.15, -0.1) is 0 Å². The van der Waals surface area contributed by atoms with Crippen LogP contribution in [0.1, 0.15) is 12.5 Å². The molecule has 1 N–H and O–H groups in total. The normalized spacial score (nSPS) is 20.9. The zero-order valence-electron chi connectivity index (χ0n) is 11.1. The van der Waals surface area contributed by atoms with Crippen LogP contribution in [0.2, 0.25) is 5.02 Å². The molecule has 0 aliphatic carbocycles. The molecule has 1 heterocycles. The number of benzene rings is 1. The van der Waals surface area contributed by atoms with Gasteiger partial charge in [0.1, 0.15) is 0 Å². The molecule has 1 atom stereocenters. The van der Waals surface area contributed by atoms with Gasteiger partial charge in [0.15, 0.2) is 0 Å². The summed E-state index contributed by atoms with van der Waals surface area (Å²) in [5, 5.41) is 4.19. The van der Waals surface area contributed by atoms with Crippen LogP contribution in [0.25, 0.3) is 0 Å². The second-order valence-electron chi connectivity index (χ2n) is 4.70. The highest BCUT2D eigenvalue weighted by Gasteiger charge is 2.19. The average molecular weight is 269 g/mol. The first-order valence-corrected chi connectivity index (χ1v) is 6.91. The number of hydrogen-bond acceptors (Lipinski definition) is 3. The number of para-hydroxylation sites is 1. The summed E-state index contributed by atoms with van der Waals surface area (Å²) < 4.78 is 5.76. The molecule has 100 valence electrons. The molecule has 0 spiro atoms. The molecule has 2 rings (SSSR count). The number of likely N-dealkylation sites (N-methyl/N-ethyl adjacent to an activating group) is 1. The minimum Gasteiger partial charge on any atom is -0.381 e. The van der Waals surface area contributed by atoms with Crippen molar-refractivity contribution in [2.24, 2.45) is 0 Å². The van der Waals surface area contributed by atoms with Crippen molar-refractivity contribution in [2.75, 3.05) is 38.1 Å². The average Bonchev–Trinajstić information content (AvgIpc) is 2.38. The van der Waals surface area contributed by atoms with Crippen LogP contribution in [0.4, 0.5) is 5.69 Å². The second kappa shape index (κ2) is 6.41. The first kappa shape index (κ1) is 13.7. The highest BCUT2D eigenvalue weighted by molar-refractivity contribution is 6.33. The zero-order chi connectivity index (χ0) is 13.0. The number of anilines is 1. The molecule has 0 saturated carbocycles. The molecule has 3 nitrogen and oxygen atoms in total. The van der Waals surface area contributed by atoms with Crippen LogP contribution in [0, 0.1) is 6.92 Å². The van der Waals surface area contributed by atoms with E-state index in [4.69, 9.17) is 16.3 Å². The van der Waals surface area contributed by atoms with Crippen LogP contribution >= 0.6 is 11.6 Å². The minimum atomic E-state index is 0.245. The molecule has 0 amide bonds. The third-order valence-corrected chi connectivity index (χ3v) is 3.71. The van der Waals surface area contributed by atoms with E-state index < -0.39 is 0 Å². The van der Waals surface area contributed by atoms with E-state index in [1.807, 2.05) is 12.1 Å². The Kier molecular flexibility index (Phi) is 4.87. The van der Waals surface area contributed by atoms with Gasteiger partial charge in [0.2, 0.25) is 0 Å². The van der Waals surface area contributed by atoms with Crippen LogP contribution in [0.3, 0.4) is 0 Å². The van der Waals surface area contributed by atoms with Gasteiger partial charge in [0, 0.05) is 19.6 Å². The molecule has 0 aromatic heterocycles. The van der Waals surface area contributed by atoms with Gasteiger partial charge in [-0.2, -0.15) is 0 Å². The molecule has 1 aromatic rings. The third kappa shape index (κ3) is 3.37. The van der Waals surface area contributed by atoms with Crippen molar-refractivity contribution < 1.29 is 4.74 Å². The Morgan fingerprint density at radius 2 is 2.33 bits per heavy atom. The molecule has 1 aliphatic rings. The van der Waals surface area contributed by atoms with E-state index in [1.165, 1.54) is 5.56 Å². The van der Waals surface area contributed by atoms with Crippen molar-refractivity contribution >= 4 is 17.3 Å². The highest BCUT2D eigenvalue weighted by atomic mass is 35.5. The summed E-state index contributed by atoms with van der Waals surface area (Å²) >= 11 is 6.19. The largest absolute Gasteiger partial charge is 0.381 e. The monoisotopic (exact) mass is 268 g/mol. The number of nitrogens with one attached hydrogen (secondary N) is 1. The fourth-order valence-corrected chi connectivity index (χ4v) is 2.55. The Bertz CT molecular complexity index is 377. The maximum absolute atomic E-state index is 6.19. The van der Waals surface area contributed by atoms with Crippen LogP contribution in [-0.2, 0) is 4.74 Å². The number of morpholine rings is 1. The van der Waals surface area contributed by atoms with Crippen molar-refractivity contribution in [3.8, 4) is 0 Å². The van der Waals surface area contributed by atoms with Crippen molar-refractivity contribution in [1.82, 2.24) is 4.90 Å². The van der Waals surface area contributed by atoms with E-state index in [2.05, 4.69) is 30.1 Å². The molecule has 1 saturated heterocycles. The highest BCUT2D eigenvalue weighted by Crippen LogP contribution is 2.25. The summed E-state index contributed by atoms with van der Waals surface area (Å²) in [6.45, 7) is 9.00. The van der Waals surface area contributed by atoms with Gasteiger partial charge in [-0.25, -0.2) is 0 Å². The van der Waals surface area contributed by atoms with Gasteiger partial charge >= 0.3 is 0 Å². The summed E-state index contributed by atoms with van der Waals surface area (Å²) in [4.78, 5) is 2.41. The Balaban J connectivity index is 1.91. The van der Waals surface area contributed by atoms with Crippen molar-refractivity contribution in [1.29, 1.82) is 0 Å². The Labute approximate surface area is 114 Å². The lowest BCUT2D eigenvalue weighted by atomic mass is 10.2. The molecule has 1 aromatic carbocycles. The first-order valence-electron chi connectivity index (χ1n) is 6.53. The fraction of sp³-hybridized carbons (Fsp3) is 0.571. The maximum atomic E-state index is 6.19. The van der Waals surface area contributed by atoms with E-state index in [-0.39, 0.29) is 6.10 Å². The Morgan fingerprint density at radius 1 is 1.50 bits per heavy atom. The van der Waals surface area contributed by atoms with E-state index in [0.29, 0.717) is 0 Å². The fourth-order valence-electron chi connectivity index (χ4n) is 2.26. The van der Waals surface area contributed by atoms with Gasteiger partial charge in [0.05, 0.1) is 23.4 Å². The van der Waals surface area contributed by atoms with Crippen LogP contribution in [0.5, 0.6) is 0 Å². The van der Waals surface area contributed by atoms with Crippen LogP contribution in [0.15, 0.2) is 18.2 Å². The van der Waals surface area contributed by atoms with Crippen molar-refractivity contribution in [2.45, 2.75) is 20.0 Å². The van der Waals surface area contributed by atoms with E-state index in [0.717, 1.165) is 43.5 Å². The summed E-state index contributed by atoms with van der Waals surface area (Å²) in [7, 11) is 0. The molecule has 0 bridgehead atoms. The molecular formula is C14H21ClN2O. The SMILES string of the molecule is CCN1CCOC(CNc2c(C)cccc2Cl)C1. The molecule has 18 heavy (non-hydrogen) atoms. The molecule has 1 fully saturated rings. The van der Waals surface area contributed by atoms with Crippen molar-refractivity contribution in [3.05, 3.63) is 28.8 Å². The van der Waals surface area contributed by atoms with Gasteiger partial charge in [0.25, 0.3) is 0 Å². The number of rotatable bonds is 4. The summed E-state index contributed by atoms with van der Waals surface area (Å²) in [6, 6.07) is 5.95. The number of hydrogen-bond donors (Lipinski definition) is 1. The summed E-state index contributed by atoms with van der Waals surface area (Å²) in [5.74, 6) is 0. The summed E-state index contributed by atoms with van der Waals surface area (Å²) in [6.07, 6.45) is 0.245. The maximum Gasteiger partial charge on any atom is 0.0874 e. The van der Waals surface area contributed by atoms with Crippen molar-refractivity contribution in [3.63, 3.8) is 0 Å². The smallest absolute Gasteiger partial charge is 0.0874 e.